The van der Waals surface area contributed by atoms with Gasteiger partial charge in [-0.25, -0.2) is 0 Å². The van der Waals surface area contributed by atoms with Gasteiger partial charge in [0.05, 0.1) is 0 Å². The molecule has 0 aliphatic rings. The minimum absolute atomic E-state index is 0.256. The number of nitrogens with one attached hydrogen (secondary N) is 1. The lowest BCUT2D eigenvalue weighted by Crippen LogP contribution is -2.39. The van der Waals surface area contributed by atoms with Gasteiger partial charge in [-0.1, -0.05) is 13.8 Å². The molecule has 0 bridgehead atoms. The lowest BCUT2D eigenvalue weighted by atomic mass is 10.1. The summed E-state index contributed by atoms with van der Waals surface area (Å²) in [6, 6.07) is 0.256. The van der Waals surface area contributed by atoms with Crippen LogP contribution in [0.2, 0.25) is 0 Å². The highest BCUT2D eigenvalue weighted by molar-refractivity contribution is 4.67. The molecule has 0 aromatic heterocycles. The van der Waals surface area contributed by atoms with Crippen molar-refractivity contribution < 1.29 is 0 Å². The molecule has 62 valence electrons. The summed E-state index contributed by atoms with van der Waals surface area (Å²) in [6.45, 7) is 6.66. The maximum Gasteiger partial charge on any atom is 0.0188 e. The maximum atomic E-state index is 5.75. The van der Waals surface area contributed by atoms with Crippen LogP contribution >= 0.6 is 0 Å². The van der Waals surface area contributed by atoms with Crippen molar-refractivity contribution in [1.29, 1.82) is 0 Å². The second-order valence-corrected chi connectivity index (χ2v) is 2.90. The van der Waals surface area contributed by atoms with Crippen molar-refractivity contribution in [2.24, 2.45) is 17.4 Å². The van der Waals surface area contributed by atoms with E-state index in [0.717, 1.165) is 13.1 Å². The Morgan fingerprint density at radius 1 is 1.40 bits per heavy atom. The first-order valence-electron chi connectivity index (χ1n) is 3.84. The maximum absolute atomic E-state index is 5.75. The predicted octanol–water partition coefficient (Wildman–Crippen LogP) is -0.482. The molecule has 0 radical (unpaired) electrons. The third kappa shape index (κ3) is 4.73. The molecule has 0 unspecified atom stereocenters. The first kappa shape index (κ1) is 9.88. The highest BCUT2D eigenvalue weighted by Gasteiger charge is 2.04. The molecule has 0 aromatic carbocycles. The smallest absolute Gasteiger partial charge is 0.0188 e. The molecule has 0 spiro atoms. The van der Waals surface area contributed by atoms with Crippen LogP contribution in [0.25, 0.3) is 0 Å². The molecule has 0 heterocycles. The normalized spacial score (nSPS) is 14.1. The Kier molecular flexibility index (Phi) is 5.58. The van der Waals surface area contributed by atoms with E-state index < -0.39 is 0 Å². The Labute approximate surface area is 63.2 Å². The molecule has 0 fully saturated rings. The van der Waals surface area contributed by atoms with Gasteiger partial charge in [-0.05, 0) is 5.92 Å². The van der Waals surface area contributed by atoms with Crippen LogP contribution in [0.4, 0.5) is 0 Å². The third-order valence-corrected chi connectivity index (χ3v) is 1.56. The second-order valence-electron chi connectivity index (χ2n) is 2.90. The summed E-state index contributed by atoms with van der Waals surface area (Å²) in [5.74, 6) is 0.547. The summed E-state index contributed by atoms with van der Waals surface area (Å²) in [5.41, 5.74) is 11.0. The predicted molar refractivity (Wildman–Crippen MR) is 44.7 cm³/mol. The quantitative estimate of drug-likeness (QED) is 0.458. The number of hydrogen-bond acceptors (Lipinski definition) is 3. The molecule has 0 amide bonds. The van der Waals surface area contributed by atoms with Crippen molar-refractivity contribution in [3.05, 3.63) is 0 Å². The van der Waals surface area contributed by atoms with Gasteiger partial charge in [-0.15, -0.1) is 0 Å². The van der Waals surface area contributed by atoms with Crippen LogP contribution in [0.1, 0.15) is 13.8 Å². The Balaban J connectivity index is 3.13. The summed E-state index contributed by atoms with van der Waals surface area (Å²) in [7, 11) is 0. The van der Waals surface area contributed by atoms with E-state index in [9.17, 15) is 0 Å². The van der Waals surface area contributed by atoms with Crippen molar-refractivity contribution in [1.82, 2.24) is 5.32 Å². The molecule has 0 rings (SSSR count). The minimum atomic E-state index is 0.256. The van der Waals surface area contributed by atoms with Gasteiger partial charge in [0, 0.05) is 25.7 Å². The van der Waals surface area contributed by atoms with Gasteiger partial charge in [0.15, 0.2) is 0 Å². The molecule has 1 atom stereocenters. The lowest BCUT2D eigenvalue weighted by Gasteiger charge is -2.15. The van der Waals surface area contributed by atoms with Gasteiger partial charge in [-0.3, -0.25) is 0 Å². The zero-order valence-electron chi connectivity index (χ0n) is 6.93. The standard InChI is InChI=1S/C7H19N3/c1-6(2)7(9)5-10-4-3-8/h6-7,10H,3-5,8-9H2,1-2H3/t7-/m1/s1. The van der Waals surface area contributed by atoms with Crippen molar-refractivity contribution >= 4 is 0 Å². The van der Waals surface area contributed by atoms with Crippen LogP contribution in [-0.2, 0) is 0 Å². The average molecular weight is 145 g/mol. The Morgan fingerprint density at radius 3 is 2.40 bits per heavy atom. The fraction of sp³-hybridized carbons (Fsp3) is 1.00. The van der Waals surface area contributed by atoms with Gasteiger partial charge in [0.2, 0.25) is 0 Å². The van der Waals surface area contributed by atoms with E-state index in [1.807, 2.05) is 0 Å². The molecule has 0 aliphatic heterocycles. The van der Waals surface area contributed by atoms with E-state index in [1.54, 1.807) is 0 Å². The fourth-order valence-corrected chi connectivity index (χ4v) is 0.606. The molecule has 3 nitrogen and oxygen atoms in total. The monoisotopic (exact) mass is 145 g/mol. The van der Waals surface area contributed by atoms with Gasteiger partial charge in [-0.2, -0.15) is 0 Å². The molecule has 5 N–H and O–H groups in total. The van der Waals surface area contributed by atoms with E-state index in [1.165, 1.54) is 0 Å². The minimum Gasteiger partial charge on any atom is -0.329 e. The molecule has 0 aliphatic carbocycles. The van der Waals surface area contributed by atoms with Crippen molar-refractivity contribution in [2.45, 2.75) is 19.9 Å². The first-order valence-corrected chi connectivity index (χ1v) is 3.84. The highest BCUT2D eigenvalue weighted by atomic mass is 14.9. The Bertz CT molecular complexity index is 73.3. The Morgan fingerprint density at radius 2 is 2.00 bits per heavy atom. The zero-order valence-corrected chi connectivity index (χ0v) is 6.93. The van der Waals surface area contributed by atoms with Crippen LogP contribution in [0.15, 0.2) is 0 Å². The van der Waals surface area contributed by atoms with Crippen molar-refractivity contribution in [2.75, 3.05) is 19.6 Å². The van der Waals surface area contributed by atoms with E-state index in [4.69, 9.17) is 11.5 Å². The third-order valence-electron chi connectivity index (χ3n) is 1.56. The molecule has 0 aromatic rings. The molecule has 10 heavy (non-hydrogen) atoms. The highest BCUT2D eigenvalue weighted by Crippen LogP contribution is 1.95. The summed E-state index contributed by atoms with van der Waals surface area (Å²) in [6.07, 6.45) is 0. The summed E-state index contributed by atoms with van der Waals surface area (Å²) < 4.78 is 0. The summed E-state index contributed by atoms with van der Waals surface area (Å²) in [4.78, 5) is 0. The SMILES string of the molecule is CC(C)[C@H](N)CNCCN. The van der Waals surface area contributed by atoms with Gasteiger partial charge >= 0.3 is 0 Å². The van der Waals surface area contributed by atoms with Crippen LogP contribution < -0.4 is 16.8 Å². The van der Waals surface area contributed by atoms with Crippen LogP contribution in [-0.4, -0.2) is 25.7 Å². The van der Waals surface area contributed by atoms with Crippen molar-refractivity contribution in [3.8, 4) is 0 Å². The number of rotatable bonds is 5. The second kappa shape index (κ2) is 5.65. The fourth-order valence-electron chi connectivity index (χ4n) is 0.606. The van der Waals surface area contributed by atoms with Gasteiger partial charge in [0.25, 0.3) is 0 Å². The van der Waals surface area contributed by atoms with Crippen LogP contribution in [0.3, 0.4) is 0 Å². The first-order chi connectivity index (χ1) is 4.68. The number of hydrogen-bond donors (Lipinski definition) is 3. The summed E-state index contributed by atoms with van der Waals surface area (Å²) in [5, 5.41) is 3.17. The van der Waals surface area contributed by atoms with Crippen molar-refractivity contribution in [3.63, 3.8) is 0 Å². The van der Waals surface area contributed by atoms with E-state index >= 15 is 0 Å². The largest absolute Gasteiger partial charge is 0.329 e. The molecular formula is C7H19N3. The molecular weight excluding hydrogens is 126 g/mol. The van der Waals surface area contributed by atoms with Gasteiger partial charge < -0.3 is 16.8 Å². The lowest BCUT2D eigenvalue weighted by molar-refractivity contribution is 0.461. The molecule has 3 heteroatoms. The van der Waals surface area contributed by atoms with Crippen LogP contribution in [0, 0.1) is 5.92 Å². The molecule has 0 saturated heterocycles. The Hall–Kier alpha value is -0.120. The van der Waals surface area contributed by atoms with Gasteiger partial charge in [0.1, 0.15) is 0 Å². The topological polar surface area (TPSA) is 64.1 Å². The van der Waals surface area contributed by atoms with E-state index in [2.05, 4.69) is 19.2 Å². The van der Waals surface area contributed by atoms with E-state index in [-0.39, 0.29) is 6.04 Å². The van der Waals surface area contributed by atoms with Crippen LogP contribution in [0.5, 0.6) is 0 Å². The van der Waals surface area contributed by atoms with E-state index in [0.29, 0.717) is 12.5 Å². The summed E-state index contributed by atoms with van der Waals surface area (Å²) >= 11 is 0. The molecule has 0 saturated carbocycles. The zero-order chi connectivity index (χ0) is 7.98. The average Bonchev–Trinajstić information content (AvgIpc) is 1.88. The number of nitrogens with two attached hydrogens (primary N) is 2.